The molecule has 30 heavy (non-hydrogen) atoms. The number of carbonyl (C=O) groups excluding carboxylic acids is 1. The first kappa shape index (κ1) is 21.1. The zero-order valence-electron chi connectivity index (χ0n) is 16.6. The van der Waals surface area contributed by atoms with Crippen LogP contribution in [0.2, 0.25) is 5.02 Å². The van der Waals surface area contributed by atoms with E-state index in [0.717, 1.165) is 42.1 Å². The first-order valence-electron chi connectivity index (χ1n) is 10.2. The van der Waals surface area contributed by atoms with Crippen molar-refractivity contribution in [2.45, 2.75) is 51.1 Å². The van der Waals surface area contributed by atoms with E-state index in [1.54, 1.807) is 12.1 Å². The number of nitrogens with zero attached hydrogens (tertiary/aromatic N) is 3. The highest BCUT2D eigenvalue weighted by Crippen LogP contribution is 2.30. The first-order valence-corrected chi connectivity index (χ1v) is 11.4. The van der Waals surface area contributed by atoms with Gasteiger partial charge >= 0.3 is 0 Å². The predicted octanol–water partition coefficient (Wildman–Crippen LogP) is 6.06. The molecular weight excluding hydrogens is 466 g/mol. The van der Waals surface area contributed by atoms with Gasteiger partial charge in [-0.15, -0.1) is 10.2 Å². The van der Waals surface area contributed by atoms with Crippen molar-refractivity contribution >= 4 is 33.4 Å². The molecule has 0 unspecified atom stereocenters. The van der Waals surface area contributed by atoms with Gasteiger partial charge in [-0.2, -0.15) is 0 Å². The summed E-state index contributed by atoms with van der Waals surface area (Å²) in [5.74, 6) is 1.08. The molecule has 0 spiro atoms. The van der Waals surface area contributed by atoms with E-state index in [9.17, 15) is 4.79 Å². The van der Waals surface area contributed by atoms with Gasteiger partial charge in [-0.1, -0.05) is 39.7 Å². The minimum absolute atomic E-state index is 0.166. The highest BCUT2D eigenvalue weighted by Gasteiger charge is 2.33. The Labute approximate surface area is 189 Å². The van der Waals surface area contributed by atoms with E-state index in [1.165, 1.54) is 5.56 Å². The topological polar surface area (TPSA) is 59.2 Å². The number of carbonyl (C=O) groups is 1. The SMILES string of the molecule is O=C(CCCCc1ccc(Br)cc1)N(Cc1nnc(-c2ccc(Cl)cc2)o1)C1CC1. The van der Waals surface area contributed by atoms with Crippen LogP contribution in [0, 0.1) is 0 Å². The number of aromatic nitrogens is 2. The number of amides is 1. The lowest BCUT2D eigenvalue weighted by molar-refractivity contribution is -0.132. The molecule has 1 aliphatic carbocycles. The minimum Gasteiger partial charge on any atom is -0.419 e. The van der Waals surface area contributed by atoms with Crippen LogP contribution in [0.3, 0.4) is 0 Å². The van der Waals surface area contributed by atoms with Gasteiger partial charge in [0.15, 0.2) is 0 Å². The molecule has 0 N–H and O–H groups in total. The van der Waals surface area contributed by atoms with Crippen molar-refractivity contribution in [1.29, 1.82) is 0 Å². The third kappa shape index (κ3) is 5.70. The highest BCUT2D eigenvalue weighted by atomic mass is 79.9. The number of unbranched alkanes of at least 4 members (excludes halogenated alkanes) is 1. The molecule has 1 fully saturated rings. The molecule has 0 radical (unpaired) electrons. The minimum atomic E-state index is 0.166. The number of aryl methyl sites for hydroxylation is 1. The van der Waals surface area contributed by atoms with Crippen molar-refractivity contribution in [1.82, 2.24) is 15.1 Å². The summed E-state index contributed by atoms with van der Waals surface area (Å²) in [7, 11) is 0. The van der Waals surface area contributed by atoms with Crippen molar-refractivity contribution in [3.05, 3.63) is 69.5 Å². The van der Waals surface area contributed by atoms with Crippen molar-refractivity contribution in [3.63, 3.8) is 0 Å². The smallest absolute Gasteiger partial charge is 0.247 e. The Kier molecular flexibility index (Phi) is 6.85. The first-order chi connectivity index (χ1) is 14.6. The number of hydrogen-bond donors (Lipinski definition) is 0. The van der Waals surface area contributed by atoms with Gasteiger partial charge in [-0.05, 0) is 74.1 Å². The zero-order chi connectivity index (χ0) is 20.9. The average Bonchev–Trinajstić information content (AvgIpc) is 3.49. The van der Waals surface area contributed by atoms with Crippen molar-refractivity contribution in [3.8, 4) is 11.5 Å². The molecule has 1 saturated carbocycles. The summed E-state index contributed by atoms with van der Waals surface area (Å²) in [6.45, 7) is 0.372. The van der Waals surface area contributed by atoms with Crippen LogP contribution in [0.15, 0.2) is 57.4 Å². The molecule has 0 bridgehead atoms. The van der Waals surface area contributed by atoms with Gasteiger partial charge in [-0.25, -0.2) is 0 Å². The lowest BCUT2D eigenvalue weighted by Crippen LogP contribution is -2.32. The van der Waals surface area contributed by atoms with Crippen LogP contribution in [0.25, 0.3) is 11.5 Å². The molecule has 0 aliphatic heterocycles. The van der Waals surface area contributed by atoms with Crippen LogP contribution >= 0.6 is 27.5 Å². The lowest BCUT2D eigenvalue weighted by atomic mass is 10.1. The number of rotatable bonds is 9. The molecule has 2 aromatic carbocycles. The molecule has 1 aromatic heterocycles. The fourth-order valence-corrected chi connectivity index (χ4v) is 3.77. The normalized spacial score (nSPS) is 13.4. The summed E-state index contributed by atoms with van der Waals surface area (Å²) in [5.41, 5.74) is 2.11. The standard InChI is InChI=1S/C23H23BrClN3O2/c24-18-9-5-16(6-10-18)3-1-2-4-22(29)28(20-13-14-20)15-21-26-27-23(30-21)17-7-11-19(25)12-8-17/h5-12,20H,1-4,13-15H2. The van der Waals surface area contributed by atoms with Gasteiger partial charge in [0.05, 0.1) is 6.54 Å². The molecule has 0 saturated heterocycles. The van der Waals surface area contributed by atoms with Gasteiger partial charge in [0, 0.05) is 27.5 Å². The highest BCUT2D eigenvalue weighted by molar-refractivity contribution is 9.10. The van der Waals surface area contributed by atoms with E-state index < -0.39 is 0 Å². The maximum absolute atomic E-state index is 12.8. The van der Waals surface area contributed by atoms with Crippen LogP contribution in [-0.2, 0) is 17.8 Å². The second-order valence-electron chi connectivity index (χ2n) is 7.59. The van der Waals surface area contributed by atoms with E-state index in [-0.39, 0.29) is 5.91 Å². The quantitative estimate of drug-likeness (QED) is 0.344. The molecule has 1 aliphatic rings. The van der Waals surface area contributed by atoms with Crippen LogP contribution in [0.1, 0.15) is 43.6 Å². The average molecular weight is 489 g/mol. The van der Waals surface area contributed by atoms with E-state index in [1.807, 2.05) is 17.0 Å². The van der Waals surface area contributed by atoms with Gasteiger partial charge in [-0.3, -0.25) is 4.79 Å². The maximum atomic E-state index is 12.8. The molecular formula is C23H23BrClN3O2. The molecule has 7 heteroatoms. The Morgan fingerprint density at radius 3 is 2.50 bits per heavy atom. The van der Waals surface area contributed by atoms with Crippen molar-refractivity contribution < 1.29 is 9.21 Å². The van der Waals surface area contributed by atoms with Crippen LogP contribution in [-0.4, -0.2) is 27.0 Å². The fraction of sp³-hybridized carbons (Fsp3) is 0.348. The van der Waals surface area contributed by atoms with Crippen LogP contribution < -0.4 is 0 Å². The molecule has 156 valence electrons. The Bertz CT molecular complexity index is 984. The van der Waals surface area contributed by atoms with Crippen LogP contribution in [0.5, 0.6) is 0 Å². The third-order valence-electron chi connectivity index (χ3n) is 5.19. The zero-order valence-corrected chi connectivity index (χ0v) is 18.9. The van der Waals surface area contributed by atoms with Crippen LogP contribution in [0.4, 0.5) is 0 Å². The largest absolute Gasteiger partial charge is 0.419 e. The molecule has 3 aromatic rings. The fourth-order valence-electron chi connectivity index (χ4n) is 3.38. The maximum Gasteiger partial charge on any atom is 0.247 e. The molecule has 4 rings (SSSR count). The molecule has 0 atom stereocenters. The Morgan fingerprint density at radius 1 is 1.07 bits per heavy atom. The van der Waals surface area contributed by atoms with Gasteiger partial charge in [0.1, 0.15) is 0 Å². The summed E-state index contributed by atoms with van der Waals surface area (Å²) in [6.07, 6.45) is 5.49. The Balaban J connectivity index is 1.30. The van der Waals surface area contributed by atoms with E-state index >= 15 is 0 Å². The summed E-state index contributed by atoms with van der Waals surface area (Å²) in [6, 6.07) is 15.9. The van der Waals surface area contributed by atoms with Crippen molar-refractivity contribution in [2.24, 2.45) is 0 Å². The number of benzene rings is 2. The Hall–Kier alpha value is -2.18. The van der Waals surface area contributed by atoms with Gasteiger partial charge in [0.25, 0.3) is 0 Å². The van der Waals surface area contributed by atoms with E-state index in [0.29, 0.717) is 35.8 Å². The molecule has 5 nitrogen and oxygen atoms in total. The Morgan fingerprint density at radius 2 is 1.80 bits per heavy atom. The second-order valence-corrected chi connectivity index (χ2v) is 8.95. The van der Waals surface area contributed by atoms with E-state index in [2.05, 4.69) is 50.4 Å². The number of halogens is 2. The monoisotopic (exact) mass is 487 g/mol. The second kappa shape index (κ2) is 9.75. The molecule has 1 amide bonds. The number of hydrogen-bond acceptors (Lipinski definition) is 4. The van der Waals surface area contributed by atoms with E-state index in [4.69, 9.17) is 16.0 Å². The molecule has 1 heterocycles. The predicted molar refractivity (Wildman–Crippen MR) is 120 cm³/mol. The van der Waals surface area contributed by atoms with Crippen molar-refractivity contribution in [2.75, 3.05) is 0 Å². The lowest BCUT2D eigenvalue weighted by Gasteiger charge is -2.20. The summed E-state index contributed by atoms with van der Waals surface area (Å²) < 4.78 is 6.88. The summed E-state index contributed by atoms with van der Waals surface area (Å²) in [4.78, 5) is 14.7. The summed E-state index contributed by atoms with van der Waals surface area (Å²) >= 11 is 9.38. The third-order valence-corrected chi connectivity index (χ3v) is 5.97. The summed E-state index contributed by atoms with van der Waals surface area (Å²) in [5, 5.41) is 8.92. The van der Waals surface area contributed by atoms with Gasteiger partial charge in [0.2, 0.25) is 17.7 Å². The van der Waals surface area contributed by atoms with Gasteiger partial charge < -0.3 is 9.32 Å².